The van der Waals surface area contributed by atoms with Gasteiger partial charge in [-0.25, -0.2) is 19.6 Å². The van der Waals surface area contributed by atoms with Crippen LogP contribution in [0.15, 0.2) is 60.9 Å². The number of carbonyl (C=O) groups is 4. The molecule has 0 spiro atoms. The zero-order valence-electron chi connectivity index (χ0n) is 33.1. The molecule has 4 amide bonds. The predicted octanol–water partition coefficient (Wildman–Crippen LogP) is 7.00. The lowest BCUT2D eigenvalue weighted by Gasteiger charge is -2.27. The van der Waals surface area contributed by atoms with E-state index in [1.807, 2.05) is 49.9 Å². The number of benzene rings is 2. The zero-order valence-corrected chi connectivity index (χ0v) is 33.1. The summed E-state index contributed by atoms with van der Waals surface area (Å²) in [6.07, 6.45) is 6.37. The molecule has 56 heavy (non-hydrogen) atoms. The van der Waals surface area contributed by atoms with Gasteiger partial charge in [-0.1, -0.05) is 76.2 Å². The molecule has 0 bridgehead atoms. The number of nitrogens with one attached hydrogen (secondary N) is 4. The van der Waals surface area contributed by atoms with Gasteiger partial charge in [-0.3, -0.25) is 9.59 Å². The molecule has 0 unspecified atom stereocenters. The summed E-state index contributed by atoms with van der Waals surface area (Å²) < 4.78 is 9.52. The van der Waals surface area contributed by atoms with Crippen molar-refractivity contribution in [1.82, 2.24) is 40.4 Å². The third kappa shape index (κ3) is 9.23. The number of H-pyrrole nitrogens is 2. The lowest BCUT2D eigenvalue weighted by atomic mass is 10.00. The van der Waals surface area contributed by atoms with Crippen LogP contribution in [-0.4, -0.2) is 93.1 Å². The number of aromatic nitrogens is 4. The van der Waals surface area contributed by atoms with Crippen molar-refractivity contribution in [1.29, 1.82) is 0 Å². The highest BCUT2D eigenvalue weighted by Gasteiger charge is 2.35. The molecule has 4 N–H and O–H groups in total. The summed E-state index contributed by atoms with van der Waals surface area (Å²) >= 11 is 0. The van der Waals surface area contributed by atoms with Gasteiger partial charge in [0.15, 0.2) is 0 Å². The van der Waals surface area contributed by atoms with Crippen molar-refractivity contribution in [3.63, 3.8) is 0 Å². The molecule has 2 saturated heterocycles. The van der Waals surface area contributed by atoms with E-state index in [1.165, 1.54) is 14.2 Å². The summed E-state index contributed by atoms with van der Waals surface area (Å²) in [5.41, 5.74) is 5.88. The zero-order chi connectivity index (χ0) is 39.9. The van der Waals surface area contributed by atoms with E-state index in [0.717, 1.165) is 71.0 Å². The van der Waals surface area contributed by atoms with Crippen LogP contribution in [-0.2, 0) is 19.1 Å². The Morgan fingerprint density at radius 2 is 1.00 bits per heavy atom. The maximum atomic E-state index is 13.4. The molecule has 2 aromatic carbocycles. The molecule has 2 aliphatic heterocycles. The van der Waals surface area contributed by atoms with E-state index >= 15 is 0 Å². The van der Waals surface area contributed by atoms with Gasteiger partial charge in [0.25, 0.3) is 0 Å². The Kier molecular flexibility index (Phi) is 12.8. The quantitative estimate of drug-likeness (QED) is 0.113. The van der Waals surface area contributed by atoms with E-state index in [-0.39, 0.29) is 60.7 Å². The van der Waals surface area contributed by atoms with E-state index in [4.69, 9.17) is 9.47 Å². The monoisotopic (exact) mass is 766 g/mol. The molecule has 0 radical (unpaired) electrons. The summed E-state index contributed by atoms with van der Waals surface area (Å²) in [4.78, 5) is 70.5. The predicted molar refractivity (Wildman–Crippen MR) is 212 cm³/mol. The second kappa shape index (κ2) is 17.9. The molecule has 14 heteroatoms. The fraction of sp³-hybridized carbons (Fsp3) is 0.476. The number of hydrogen-bond donors (Lipinski definition) is 4. The molecule has 2 aromatic heterocycles. The maximum absolute atomic E-state index is 13.4. The van der Waals surface area contributed by atoms with Crippen LogP contribution in [0.1, 0.15) is 90.0 Å². The largest absolute Gasteiger partial charge is 0.453 e. The summed E-state index contributed by atoms with van der Waals surface area (Å²) in [6.45, 7) is 9.19. The van der Waals surface area contributed by atoms with Gasteiger partial charge in [-0.05, 0) is 59.8 Å². The van der Waals surface area contributed by atoms with Gasteiger partial charge >= 0.3 is 12.2 Å². The number of nitrogens with zero attached hydrogens (tertiary/aromatic N) is 4. The highest BCUT2D eigenvalue weighted by molar-refractivity contribution is 5.79. The van der Waals surface area contributed by atoms with E-state index in [1.54, 1.807) is 0 Å². The van der Waals surface area contributed by atoms with Crippen molar-refractivity contribution in [2.24, 2.45) is 11.8 Å². The third-order valence-corrected chi connectivity index (χ3v) is 11.1. The van der Waals surface area contributed by atoms with Crippen molar-refractivity contribution in [2.75, 3.05) is 27.3 Å². The number of methoxy groups -OCH3 is 2. The Bertz CT molecular complexity index is 1830. The number of hydrogen-bond acceptors (Lipinski definition) is 8. The molecular formula is C42H54N8O6. The average Bonchev–Trinajstić information content (AvgIpc) is 4.04. The van der Waals surface area contributed by atoms with Crippen molar-refractivity contribution >= 4 is 24.0 Å². The first kappa shape index (κ1) is 40.0. The van der Waals surface area contributed by atoms with Crippen LogP contribution in [0.2, 0.25) is 0 Å². The molecule has 4 heterocycles. The van der Waals surface area contributed by atoms with Crippen LogP contribution in [0.25, 0.3) is 33.6 Å². The van der Waals surface area contributed by atoms with Crippen molar-refractivity contribution < 1.29 is 28.7 Å². The minimum atomic E-state index is -0.538. The molecule has 4 aromatic rings. The summed E-state index contributed by atoms with van der Waals surface area (Å²) in [5, 5.41) is 5.59. The van der Waals surface area contributed by atoms with Gasteiger partial charge in [0, 0.05) is 38.0 Å². The van der Waals surface area contributed by atoms with E-state index < -0.39 is 12.2 Å². The second-order valence-corrected chi connectivity index (χ2v) is 15.4. The average molecular weight is 767 g/mol. The Labute approximate surface area is 328 Å². The first-order valence-corrected chi connectivity index (χ1v) is 19.5. The number of imidazole rings is 2. The molecule has 2 aliphatic rings. The number of likely N-dealkylation sites (tertiary alicyclic amines) is 2. The summed E-state index contributed by atoms with van der Waals surface area (Å²) in [5.74, 6) is 1.63. The van der Waals surface area contributed by atoms with Crippen LogP contribution in [0, 0.1) is 11.8 Å². The van der Waals surface area contributed by atoms with Crippen LogP contribution in [0.5, 0.6) is 0 Å². The number of ether oxygens (including phenoxy) is 2. The number of carbonyl (C=O) groups excluding carboxylic acids is 4. The van der Waals surface area contributed by atoms with E-state index in [0.29, 0.717) is 13.1 Å². The minimum Gasteiger partial charge on any atom is -0.453 e. The van der Waals surface area contributed by atoms with E-state index in [9.17, 15) is 19.2 Å². The first-order valence-electron chi connectivity index (χ1n) is 19.5. The van der Waals surface area contributed by atoms with Crippen molar-refractivity contribution in [3.05, 3.63) is 72.6 Å². The topological polar surface area (TPSA) is 175 Å². The Balaban J connectivity index is 1.07. The second-order valence-electron chi connectivity index (χ2n) is 15.4. The third-order valence-electron chi connectivity index (χ3n) is 11.1. The Hall–Kier alpha value is -5.66. The number of amides is 4. The molecule has 2 fully saturated rings. The van der Waals surface area contributed by atoms with Crippen molar-refractivity contribution in [2.45, 2.75) is 90.4 Å². The van der Waals surface area contributed by atoms with Crippen LogP contribution in [0.3, 0.4) is 0 Å². The Morgan fingerprint density at radius 3 is 1.34 bits per heavy atom. The molecule has 298 valence electrons. The van der Waals surface area contributed by atoms with Gasteiger partial charge in [-0.2, -0.15) is 0 Å². The molecule has 14 nitrogen and oxygen atoms in total. The SMILES string of the molecule is COC(=O)N[C@H](CC(=O)N1CCC[C@H]1c1ncc(-c2ccc(-c3ccc(-c4cnc([C@@H]5CCCN5C(=O)C[C@@H](NC(=O)OC)C(C)C)[nH]4)cc3)cc2)[nH]1)C(C)C. The minimum absolute atomic E-state index is 0.0147. The molecule has 4 atom stereocenters. The standard InChI is InChI=1S/C42H54N8O6/c1-25(2)31(47-41(53)55-5)21-37(51)49-19-7-9-35(49)39-43-23-33(45-39)29-15-11-27(12-16-29)28-13-17-30(18-14-28)34-24-44-40(46-34)36-10-8-20-50(36)38(52)22-32(26(3)4)48-42(54)56-6/h11-18,23-26,31-32,35-36H,7-10,19-22H2,1-6H3,(H,43,45)(H,44,46)(H,47,53)(H,48,54)/t31-,32-,35+,36+/m1/s1. The smallest absolute Gasteiger partial charge is 0.407 e. The number of alkyl carbamates (subject to hydrolysis) is 2. The lowest BCUT2D eigenvalue weighted by molar-refractivity contribution is -0.133. The molecule has 0 aliphatic carbocycles. The van der Waals surface area contributed by atoms with Crippen molar-refractivity contribution in [3.8, 4) is 33.6 Å². The normalized spacial score (nSPS) is 17.9. The molecule has 6 rings (SSSR count). The van der Waals surface area contributed by atoms with Crippen LogP contribution < -0.4 is 10.6 Å². The number of rotatable bonds is 13. The Morgan fingerprint density at radius 1 is 0.643 bits per heavy atom. The van der Waals surface area contributed by atoms with Gasteiger partial charge < -0.3 is 39.9 Å². The molecular weight excluding hydrogens is 713 g/mol. The van der Waals surface area contributed by atoms with Gasteiger partial charge in [0.2, 0.25) is 11.8 Å². The molecule has 0 saturated carbocycles. The fourth-order valence-corrected chi connectivity index (χ4v) is 7.63. The van der Waals surface area contributed by atoms with Crippen LogP contribution >= 0.6 is 0 Å². The van der Waals surface area contributed by atoms with Gasteiger partial charge in [0.1, 0.15) is 11.6 Å². The highest BCUT2D eigenvalue weighted by Crippen LogP contribution is 2.35. The highest BCUT2D eigenvalue weighted by atomic mass is 16.5. The maximum Gasteiger partial charge on any atom is 0.407 e. The summed E-state index contributed by atoms with van der Waals surface area (Å²) in [6, 6.07) is 15.7. The fourth-order valence-electron chi connectivity index (χ4n) is 7.63. The summed E-state index contributed by atoms with van der Waals surface area (Å²) in [7, 11) is 2.64. The first-order chi connectivity index (χ1) is 26.9. The lowest BCUT2D eigenvalue weighted by Crippen LogP contribution is -2.43. The van der Waals surface area contributed by atoms with Gasteiger partial charge in [0.05, 0.1) is 50.1 Å². The number of aromatic amines is 2. The van der Waals surface area contributed by atoms with E-state index in [2.05, 4.69) is 79.1 Å². The van der Waals surface area contributed by atoms with Gasteiger partial charge in [-0.15, -0.1) is 0 Å². The van der Waals surface area contributed by atoms with Crippen LogP contribution in [0.4, 0.5) is 9.59 Å².